The number of alkyl halides is 3. The van der Waals surface area contributed by atoms with Crippen LogP contribution >= 0.6 is 11.6 Å². The van der Waals surface area contributed by atoms with Crippen molar-refractivity contribution in [3.63, 3.8) is 0 Å². The van der Waals surface area contributed by atoms with Crippen LogP contribution in [-0.4, -0.2) is 54.7 Å². The first-order valence-electron chi connectivity index (χ1n) is 10.9. The molecule has 0 spiro atoms. The van der Waals surface area contributed by atoms with Crippen LogP contribution < -0.4 is 10.5 Å². The van der Waals surface area contributed by atoms with Crippen molar-refractivity contribution in [3.8, 4) is 17.2 Å². The Morgan fingerprint density at radius 2 is 1.83 bits per heavy atom. The molecule has 1 heterocycles. The maximum Gasteiger partial charge on any atom is 0.437 e. The summed E-state index contributed by atoms with van der Waals surface area (Å²) in [6.45, 7) is 0.467. The second-order valence-corrected chi connectivity index (χ2v) is 9.46. The summed E-state index contributed by atoms with van der Waals surface area (Å²) in [5, 5.41) is 4.38. The minimum Gasteiger partial charge on any atom is -0.457 e. The molecule has 36 heavy (non-hydrogen) atoms. The van der Waals surface area contributed by atoms with E-state index in [4.69, 9.17) is 25.5 Å². The Bertz CT molecular complexity index is 1250. The third kappa shape index (κ3) is 7.85. The summed E-state index contributed by atoms with van der Waals surface area (Å²) in [6.07, 6.45) is -3.51. The second kappa shape index (κ2) is 11.2. The summed E-state index contributed by atoms with van der Waals surface area (Å²) in [5.74, 6) is -0.958. The zero-order valence-electron chi connectivity index (χ0n) is 20.0. The van der Waals surface area contributed by atoms with Crippen molar-refractivity contribution in [1.82, 2.24) is 9.78 Å². The molecule has 0 radical (unpaired) electrons. The number of nitrogens with zero attached hydrogens (tertiary/aromatic N) is 3. The second-order valence-electron chi connectivity index (χ2n) is 9.06. The highest BCUT2D eigenvalue weighted by atomic mass is 35.5. The van der Waals surface area contributed by atoms with E-state index in [-0.39, 0.29) is 37.2 Å². The number of hydrogen-bond donors (Lipinski definition) is 0. The van der Waals surface area contributed by atoms with Gasteiger partial charge in [0.15, 0.2) is 0 Å². The number of carbonyl (C=O) groups excluding carboxylic acids is 1. The number of halogens is 4. The fourth-order valence-corrected chi connectivity index (χ4v) is 3.36. The zero-order valence-corrected chi connectivity index (χ0v) is 20.7. The maximum absolute atomic E-state index is 12.8. The first-order valence-corrected chi connectivity index (χ1v) is 11.3. The number of aromatic nitrogens is 2. The third-order valence-corrected chi connectivity index (χ3v) is 5.43. The van der Waals surface area contributed by atoms with E-state index in [0.717, 1.165) is 27.8 Å². The average Bonchev–Trinajstić information content (AvgIpc) is 3.15. The molecular weight excluding hydrogens is 503 g/mol. The largest absolute Gasteiger partial charge is 0.457 e. The van der Waals surface area contributed by atoms with Crippen molar-refractivity contribution in [2.75, 3.05) is 34.5 Å². The highest BCUT2D eigenvalue weighted by molar-refractivity contribution is 6.31. The Balaban J connectivity index is 1.61. The molecule has 0 amide bonds. The molecule has 0 N–H and O–H groups in total. The van der Waals surface area contributed by atoms with Crippen molar-refractivity contribution >= 4 is 17.6 Å². The van der Waals surface area contributed by atoms with Gasteiger partial charge >= 0.3 is 17.9 Å². The lowest BCUT2D eigenvalue weighted by atomic mass is 10.1. The van der Waals surface area contributed by atoms with Crippen LogP contribution in [0.1, 0.15) is 24.0 Å². The van der Waals surface area contributed by atoms with Gasteiger partial charge in [-0.15, -0.1) is 5.10 Å². The average molecular weight is 529 g/mol. The Morgan fingerprint density at radius 3 is 2.47 bits per heavy atom. The van der Waals surface area contributed by atoms with Crippen LogP contribution in [0.2, 0.25) is 5.02 Å². The number of esters is 1. The smallest absolute Gasteiger partial charge is 0.437 e. The lowest BCUT2D eigenvalue weighted by molar-refractivity contribution is -0.870. The van der Waals surface area contributed by atoms with Crippen LogP contribution in [0.5, 0.6) is 5.75 Å². The Hall–Kier alpha value is -3.31. The first kappa shape index (κ1) is 27.3. The van der Waals surface area contributed by atoms with Crippen molar-refractivity contribution < 1.29 is 36.3 Å². The molecule has 0 aliphatic carbocycles. The standard InChI is InChI=1S/C24H26ClF3N3O5/c1-31(2,3)12-4-5-21(32)35-15-34-19-10-11-20(25)17(13-19)14-30-23(33)36-22(29-30)16-6-8-18(9-7-16)24(26,27)28/h6-11,13H,4-5,12,14-15H2,1-3H3/q+1. The molecule has 0 fully saturated rings. The predicted molar refractivity (Wildman–Crippen MR) is 125 cm³/mol. The molecule has 194 valence electrons. The molecule has 0 saturated heterocycles. The number of quaternary nitrogens is 1. The number of hydrogen-bond acceptors (Lipinski definition) is 6. The van der Waals surface area contributed by atoms with Gasteiger partial charge in [0.1, 0.15) is 5.75 Å². The highest BCUT2D eigenvalue weighted by Gasteiger charge is 2.30. The summed E-state index contributed by atoms with van der Waals surface area (Å²) < 4.78 is 55.7. The molecule has 12 heteroatoms. The monoisotopic (exact) mass is 528 g/mol. The van der Waals surface area contributed by atoms with Gasteiger partial charge in [0.2, 0.25) is 12.7 Å². The molecule has 3 aromatic rings. The van der Waals surface area contributed by atoms with Gasteiger partial charge in [-0.2, -0.15) is 17.9 Å². The van der Waals surface area contributed by atoms with Crippen LogP contribution in [0.4, 0.5) is 13.2 Å². The van der Waals surface area contributed by atoms with Gasteiger partial charge in [-0.25, -0.2) is 4.79 Å². The molecule has 8 nitrogen and oxygen atoms in total. The van der Waals surface area contributed by atoms with Gasteiger partial charge in [-0.05, 0) is 48.0 Å². The van der Waals surface area contributed by atoms with Crippen molar-refractivity contribution in [1.29, 1.82) is 0 Å². The molecule has 0 atom stereocenters. The minimum absolute atomic E-state index is 0.0795. The molecule has 0 unspecified atom stereocenters. The van der Waals surface area contributed by atoms with Crippen LogP contribution in [0.25, 0.3) is 11.5 Å². The molecule has 0 saturated carbocycles. The Morgan fingerprint density at radius 1 is 1.14 bits per heavy atom. The summed E-state index contributed by atoms with van der Waals surface area (Å²) in [4.78, 5) is 24.1. The van der Waals surface area contributed by atoms with Crippen LogP contribution in [-0.2, 0) is 22.3 Å². The van der Waals surface area contributed by atoms with Gasteiger partial charge in [0, 0.05) is 17.0 Å². The van der Waals surface area contributed by atoms with Gasteiger partial charge < -0.3 is 18.4 Å². The first-order chi connectivity index (χ1) is 16.8. The lowest BCUT2D eigenvalue weighted by Gasteiger charge is -2.23. The summed E-state index contributed by atoms with van der Waals surface area (Å²) in [7, 11) is 6.11. The number of carbonyl (C=O) groups is 1. The van der Waals surface area contributed by atoms with E-state index in [1.165, 1.54) is 12.1 Å². The normalized spacial score (nSPS) is 12.0. The maximum atomic E-state index is 12.8. The molecular formula is C24H26ClF3N3O5+. The molecule has 3 rings (SSSR count). The van der Waals surface area contributed by atoms with Crippen LogP contribution in [0.15, 0.2) is 51.7 Å². The summed E-state index contributed by atoms with van der Waals surface area (Å²) in [6, 6.07) is 8.79. The number of rotatable bonds is 10. The van der Waals surface area contributed by atoms with E-state index in [1.54, 1.807) is 18.2 Å². The van der Waals surface area contributed by atoms with E-state index in [1.807, 2.05) is 21.1 Å². The molecule has 0 aliphatic rings. The molecule has 0 bridgehead atoms. The minimum atomic E-state index is -4.48. The summed E-state index contributed by atoms with van der Waals surface area (Å²) in [5.41, 5.74) is -0.144. The number of benzene rings is 2. The Labute approximate surface area is 210 Å². The zero-order chi connectivity index (χ0) is 26.5. The van der Waals surface area contributed by atoms with Crippen molar-refractivity contribution in [2.45, 2.75) is 25.6 Å². The fraction of sp³-hybridized carbons (Fsp3) is 0.375. The molecule has 2 aromatic carbocycles. The summed E-state index contributed by atoms with van der Waals surface area (Å²) >= 11 is 6.24. The van der Waals surface area contributed by atoms with Crippen LogP contribution in [0.3, 0.4) is 0 Å². The number of ether oxygens (including phenoxy) is 2. The van der Waals surface area contributed by atoms with E-state index in [0.29, 0.717) is 22.8 Å². The SMILES string of the molecule is C[N+](C)(C)CCCC(=O)OCOc1ccc(Cl)c(Cn2nc(-c3ccc(C(F)(F)F)cc3)oc2=O)c1. The highest BCUT2D eigenvalue weighted by Crippen LogP contribution is 2.30. The van der Waals surface area contributed by atoms with Gasteiger partial charge in [0.25, 0.3) is 0 Å². The van der Waals surface area contributed by atoms with E-state index >= 15 is 0 Å². The van der Waals surface area contributed by atoms with Crippen LogP contribution in [0, 0.1) is 0 Å². The fourth-order valence-electron chi connectivity index (χ4n) is 3.18. The molecule has 0 aliphatic heterocycles. The van der Waals surface area contributed by atoms with E-state index in [9.17, 15) is 22.8 Å². The van der Waals surface area contributed by atoms with Crippen molar-refractivity contribution in [2.24, 2.45) is 0 Å². The lowest BCUT2D eigenvalue weighted by Crippen LogP contribution is -2.35. The van der Waals surface area contributed by atoms with Gasteiger partial charge in [-0.3, -0.25) is 4.79 Å². The Kier molecular flexibility index (Phi) is 8.47. The third-order valence-electron chi connectivity index (χ3n) is 5.06. The quantitative estimate of drug-likeness (QED) is 0.217. The van der Waals surface area contributed by atoms with Crippen molar-refractivity contribution in [3.05, 3.63) is 69.2 Å². The predicted octanol–water partition coefficient (Wildman–Crippen LogP) is 4.59. The van der Waals surface area contributed by atoms with Gasteiger partial charge in [-0.1, -0.05) is 11.6 Å². The van der Waals surface area contributed by atoms with E-state index in [2.05, 4.69) is 5.10 Å². The van der Waals surface area contributed by atoms with E-state index < -0.39 is 17.5 Å². The van der Waals surface area contributed by atoms with Gasteiger partial charge in [0.05, 0.1) is 46.2 Å². The topological polar surface area (TPSA) is 83.6 Å². The molecule has 1 aromatic heterocycles.